The third-order valence-electron chi connectivity index (χ3n) is 1.99. The maximum absolute atomic E-state index is 10.2. The highest BCUT2D eigenvalue weighted by molar-refractivity contribution is 9.10. The Balaban J connectivity index is 2.90. The number of halogens is 1. The molecule has 14 heavy (non-hydrogen) atoms. The molecule has 0 amide bonds. The van der Waals surface area contributed by atoms with Crippen LogP contribution in [0.5, 0.6) is 0 Å². The Kier molecular flexibility index (Phi) is 3.69. The standard InChI is InChI=1S/C9H15BrN2O2/c1-4-14-6-9(2,13)8-7(10)5-11-12(8)3/h5,13H,4,6H2,1-3H3. The quantitative estimate of drug-likeness (QED) is 0.893. The number of hydrogen-bond acceptors (Lipinski definition) is 3. The molecule has 1 atom stereocenters. The first-order valence-corrected chi connectivity index (χ1v) is 5.26. The van der Waals surface area contributed by atoms with E-state index in [1.54, 1.807) is 24.9 Å². The molecule has 1 heterocycles. The molecule has 1 aromatic rings. The van der Waals surface area contributed by atoms with Crippen molar-refractivity contribution in [2.75, 3.05) is 13.2 Å². The first-order valence-electron chi connectivity index (χ1n) is 4.47. The van der Waals surface area contributed by atoms with Crippen LogP contribution >= 0.6 is 15.9 Å². The fourth-order valence-corrected chi connectivity index (χ4v) is 2.16. The number of nitrogens with zero attached hydrogens (tertiary/aromatic N) is 2. The average molecular weight is 263 g/mol. The first-order chi connectivity index (χ1) is 6.49. The maximum Gasteiger partial charge on any atom is 0.128 e. The van der Waals surface area contributed by atoms with Gasteiger partial charge >= 0.3 is 0 Å². The van der Waals surface area contributed by atoms with Crippen molar-refractivity contribution in [2.24, 2.45) is 7.05 Å². The highest BCUT2D eigenvalue weighted by Gasteiger charge is 2.29. The molecule has 0 aliphatic carbocycles. The van der Waals surface area contributed by atoms with E-state index in [0.29, 0.717) is 6.61 Å². The normalized spacial score (nSPS) is 15.5. The van der Waals surface area contributed by atoms with Crippen molar-refractivity contribution in [3.8, 4) is 0 Å². The lowest BCUT2D eigenvalue weighted by atomic mass is 10.0. The number of ether oxygens (including phenoxy) is 1. The molecule has 0 aliphatic heterocycles. The number of rotatable bonds is 4. The van der Waals surface area contributed by atoms with Crippen molar-refractivity contribution in [1.29, 1.82) is 0 Å². The molecule has 1 N–H and O–H groups in total. The summed E-state index contributed by atoms with van der Waals surface area (Å²) in [5.74, 6) is 0. The minimum absolute atomic E-state index is 0.266. The van der Waals surface area contributed by atoms with E-state index in [2.05, 4.69) is 21.0 Å². The lowest BCUT2D eigenvalue weighted by Gasteiger charge is -2.23. The summed E-state index contributed by atoms with van der Waals surface area (Å²) in [6.45, 7) is 4.46. The van der Waals surface area contributed by atoms with Crippen LogP contribution in [-0.2, 0) is 17.4 Å². The van der Waals surface area contributed by atoms with Crippen molar-refractivity contribution in [1.82, 2.24) is 9.78 Å². The topological polar surface area (TPSA) is 47.3 Å². The van der Waals surface area contributed by atoms with Gasteiger partial charge in [0, 0.05) is 13.7 Å². The molecule has 1 unspecified atom stereocenters. The van der Waals surface area contributed by atoms with Crippen LogP contribution in [0.4, 0.5) is 0 Å². The third kappa shape index (κ3) is 2.34. The zero-order chi connectivity index (χ0) is 10.8. The Morgan fingerprint density at radius 1 is 1.71 bits per heavy atom. The summed E-state index contributed by atoms with van der Waals surface area (Å²) in [5.41, 5.74) is -0.286. The molecule has 0 saturated heterocycles. The van der Waals surface area contributed by atoms with Crippen molar-refractivity contribution < 1.29 is 9.84 Å². The molecule has 5 heteroatoms. The second kappa shape index (κ2) is 4.42. The summed E-state index contributed by atoms with van der Waals surface area (Å²) >= 11 is 3.35. The first kappa shape index (κ1) is 11.7. The minimum Gasteiger partial charge on any atom is -0.381 e. The van der Waals surface area contributed by atoms with Crippen molar-refractivity contribution in [3.05, 3.63) is 16.4 Å². The predicted octanol–water partition coefficient (Wildman–Crippen LogP) is 1.43. The Labute approximate surface area is 92.0 Å². The van der Waals surface area contributed by atoms with Gasteiger partial charge in [-0.1, -0.05) is 0 Å². The van der Waals surface area contributed by atoms with Crippen LogP contribution in [0.1, 0.15) is 19.5 Å². The van der Waals surface area contributed by atoms with E-state index in [1.807, 2.05) is 6.92 Å². The molecule has 0 bridgehead atoms. The van der Waals surface area contributed by atoms with Gasteiger partial charge in [-0.3, -0.25) is 4.68 Å². The molecule has 0 aromatic carbocycles. The summed E-state index contributed by atoms with van der Waals surface area (Å²) < 4.78 is 7.66. The molecule has 4 nitrogen and oxygen atoms in total. The van der Waals surface area contributed by atoms with E-state index in [1.165, 1.54) is 0 Å². The highest BCUT2D eigenvalue weighted by Crippen LogP contribution is 2.27. The summed E-state index contributed by atoms with van der Waals surface area (Å²) in [5, 5.41) is 14.2. The molecule has 0 spiro atoms. The van der Waals surface area contributed by atoms with E-state index < -0.39 is 5.60 Å². The summed E-state index contributed by atoms with van der Waals surface area (Å²) in [6, 6.07) is 0. The van der Waals surface area contributed by atoms with E-state index in [9.17, 15) is 5.11 Å². The van der Waals surface area contributed by atoms with Gasteiger partial charge < -0.3 is 9.84 Å². The molecule has 1 aromatic heterocycles. The van der Waals surface area contributed by atoms with E-state index in [-0.39, 0.29) is 6.61 Å². The van der Waals surface area contributed by atoms with Gasteiger partial charge in [-0.2, -0.15) is 5.10 Å². The van der Waals surface area contributed by atoms with Gasteiger partial charge in [-0.05, 0) is 29.8 Å². The van der Waals surface area contributed by atoms with E-state index >= 15 is 0 Å². The number of aromatic nitrogens is 2. The number of hydrogen-bond donors (Lipinski definition) is 1. The Bertz CT molecular complexity index is 290. The molecular weight excluding hydrogens is 248 g/mol. The van der Waals surface area contributed by atoms with Crippen LogP contribution in [0.2, 0.25) is 0 Å². The van der Waals surface area contributed by atoms with Gasteiger partial charge in [0.25, 0.3) is 0 Å². The van der Waals surface area contributed by atoms with Crippen LogP contribution in [0.15, 0.2) is 10.7 Å². The Morgan fingerprint density at radius 3 is 2.79 bits per heavy atom. The van der Waals surface area contributed by atoms with Crippen molar-refractivity contribution >= 4 is 15.9 Å². The molecule has 1 rings (SSSR count). The summed E-state index contributed by atoms with van der Waals surface area (Å²) in [6.07, 6.45) is 1.66. The van der Waals surface area contributed by atoms with E-state index in [0.717, 1.165) is 10.2 Å². The lowest BCUT2D eigenvalue weighted by Crippen LogP contribution is -2.30. The van der Waals surface area contributed by atoms with Gasteiger partial charge in [0.2, 0.25) is 0 Å². The van der Waals surface area contributed by atoms with E-state index in [4.69, 9.17) is 4.74 Å². The molecule has 0 radical (unpaired) electrons. The monoisotopic (exact) mass is 262 g/mol. The average Bonchev–Trinajstić information content (AvgIpc) is 2.43. The second-order valence-corrected chi connectivity index (χ2v) is 4.23. The van der Waals surface area contributed by atoms with Crippen molar-refractivity contribution in [2.45, 2.75) is 19.4 Å². The fraction of sp³-hybridized carbons (Fsp3) is 0.667. The summed E-state index contributed by atoms with van der Waals surface area (Å²) in [7, 11) is 1.79. The van der Waals surface area contributed by atoms with Gasteiger partial charge in [-0.15, -0.1) is 0 Å². The number of aliphatic hydroxyl groups is 1. The molecule has 0 saturated carbocycles. The van der Waals surface area contributed by atoms with Crippen LogP contribution in [0, 0.1) is 0 Å². The minimum atomic E-state index is -1.01. The number of aryl methyl sites for hydroxylation is 1. The largest absolute Gasteiger partial charge is 0.381 e. The SMILES string of the molecule is CCOCC(C)(O)c1c(Br)cnn1C. The zero-order valence-corrected chi connectivity index (χ0v) is 10.2. The van der Waals surface area contributed by atoms with Gasteiger partial charge in [0.05, 0.1) is 23.0 Å². The molecule has 0 aliphatic rings. The maximum atomic E-state index is 10.2. The fourth-order valence-electron chi connectivity index (χ4n) is 1.39. The van der Waals surface area contributed by atoms with Crippen LogP contribution in [0.25, 0.3) is 0 Å². The van der Waals surface area contributed by atoms with Gasteiger partial charge in [0.15, 0.2) is 0 Å². The highest BCUT2D eigenvalue weighted by atomic mass is 79.9. The van der Waals surface area contributed by atoms with Crippen molar-refractivity contribution in [3.63, 3.8) is 0 Å². The van der Waals surface area contributed by atoms with Crippen LogP contribution < -0.4 is 0 Å². The van der Waals surface area contributed by atoms with Crippen LogP contribution in [0.3, 0.4) is 0 Å². The molecule has 80 valence electrons. The second-order valence-electron chi connectivity index (χ2n) is 3.38. The molecular formula is C9H15BrN2O2. The van der Waals surface area contributed by atoms with Gasteiger partial charge in [-0.25, -0.2) is 0 Å². The Morgan fingerprint density at radius 2 is 2.36 bits per heavy atom. The smallest absolute Gasteiger partial charge is 0.128 e. The summed E-state index contributed by atoms with van der Waals surface area (Å²) in [4.78, 5) is 0. The van der Waals surface area contributed by atoms with Crippen LogP contribution in [-0.4, -0.2) is 28.1 Å². The third-order valence-corrected chi connectivity index (χ3v) is 2.57. The predicted molar refractivity (Wildman–Crippen MR) is 57.0 cm³/mol. The molecule has 0 fully saturated rings. The lowest BCUT2D eigenvalue weighted by molar-refractivity contribution is -0.0399. The van der Waals surface area contributed by atoms with Gasteiger partial charge in [0.1, 0.15) is 5.60 Å². The zero-order valence-electron chi connectivity index (χ0n) is 8.62. The Hall–Kier alpha value is -0.390.